The second-order valence-electron chi connectivity index (χ2n) is 12.2. The molecule has 7 nitrogen and oxygen atoms in total. The van der Waals surface area contributed by atoms with Crippen LogP contribution in [-0.4, -0.2) is 64.0 Å². The van der Waals surface area contributed by atoms with E-state index >= 15 is 0 Å². The zero-order valence-electron chi connectivity index (χ0n) is 25.4. The first kappa shape index (κ1) is 32.5. The summed E-state index contributed by atoms with van der Waals surface area (Å²) >= 11 is 0. The van der Waals surface area contributed by atoms with Gasteiger partial charge in [-0.2, -0.15) is 0 Å². The van der Waals surface area contributed by atoms with Gasteiger partial charge in [-0.3, -0.25) is 0 Å². The van der Waals surface area contributed by atoms with E-state index in [4.69, 9.17) is 28.1 Å². The number of hydrogen-bond acceptors (Lipinski definition) is 7. The van der Waals surface area contributed by atoms with Gasteiger partial charge in [0.2, 0.25) is 0 Å². The lowest BCUT2D eigenvalue weighted by molar-refractivity contribution is -0.166. The number of aliphatic hydroxyl groups excluding tert-OH is 1. The summed E-state index contributed by atoms with van der Waals surface area (Å²) in [5, 5.41) is 9.60. The van der Waals surface area contributed by atoms with Gasteiger partial charge >= 0.3 is 0 Å². The van der Waals surface area contributed by atoms with Gasteiger partial charge in [-0.1, -0.05) is 75.4 Å². The molecular formula is C32H48O7Si. The van der Waals surface area contributed by atoms with E-state index in [1.807, 2.05) is 74.5 Å². The zero-order chi connectivity index (χ0) is 29.4. The molecule has 1 fully saturated rings. The van der Waals surface area contributed by atoms with Crippen LogP contribution in [0.25, 0.3) is 0 Å². The summed E-state index contributed by atoms with van der Waals surface area (Å²) in [6, 6.07) is 17.8. The Balaban J connectivity index is 1.87. The SMILES string of the molecule is COc1ccc(CO[C@H](CO[Si](C)(C)C(C)(C)C)[C@@H]2OC(C)(C)O[C@@H]2[C@H](/C=C/CO)OCc2ccccc2)cc1. The van der Waals surface area contributed by atoms with Crippen LogP contribution in [0.3, 0.4) is 0 Å². The van der Waals surface area contributed by atoms with Crippen LogP contribution in [0.15, 0.2) is 66.7 Å². The van der Waals surface area contributed by atoms with Crippen LogP contribution in [-0.2, 0) is 36.6 Å². The minimum atomic E-state index is -2.08. The largest absolute Gasteiger partial charge is 0.497 e. The van der Waals surface area contributed by atoms with Crippen molar-refractivity contribution < 1.29 is 33.2 Å². The summed E-state index contributed by atoms with van der Waals surface area (Å²) < 4.78 is 37.8. The van der Waals surface area contributed by atoms with Crippen molar-refractivity contribution in [2.75, 3.05) is 20.3 Å². The Kier molecular flexibility index (Phi) is 11.5. The highest BCUT2D eigenvalue weighted by atomic mass is 28.4. The molecular weight excluding hydrogens is 524 g/mol. The van der Waals surface area contributed by atoms with Crippen LogP contribution in [0.4, 0.5) is 0 Å². The Bertz CT molecular complexity index is 1050. The lowest BCUT2D eigenvalue weighted by atomic mass is 10.0. The molecule has 1 saturated heterocycles. The second-order valence-corrected chi connectivity index (χ2v) is 17.0. The fourth-order valence-corrected chi connectivity index (χ4v) is 5.26. The van der Waals surface area contributed by atoms with Gasteiger partial charge in [-0.05, 0) is 55.2 Å². The second kappa shape index (κ2) is 14.2. The highest BCUT2D eigenvalue weighted by molar-refractivity contribution is 6.74. The summed E-state index contributed by atoms with van der Waals surface area (Å²) in [4.78, 5) is 0. The van der Waals surface area contributed by atoms with Gasteiger partial charge in [-0.15, -0.1) is 0 Å². The molecule has 8 heteroatoms. The summed E-state index contributed by atoms with van der Waals surface area (Å²) in [6.07, 6.45) is 1.68. The molecule has 1 aliphatic heterocycles. The Hall–Kier alpha value is -2.04. The van der Waals surface area contributed by atoms with Crippen LogP contribution >= 0.6 is 0 Å². The summed E-state index contributed by atoms with van der Waals surface area (Å²) in [7, 11) is -0.422. The minimum absolute atomic E-state index is 0.0461. The maximum absolute atomic E-state index is 9.56. The van der Waals surface area contributed by atoms with Gasteiger partial charge in [-0.25, -0.2) is 0 Å². The fraction of sp³-hybridized carbons (Fsp3) is 0.562. The van der Waals surface area contributed by atoms with Crippen LogP contribution in [0, 0.1) is 0 Å². The predicted octanol–water partition coefficient (Wildman–Crippen LogP) is 6.26. The maximum Gasteiger partial charge on any atom is 0.192 e. The molecule has 222 valence electrons. The molecule has 0 saturated carbocycles. The van der Waals surface area contributed by atoms with Crippen molar-refractivity contribution in [1.29, 1.82) is 0 Å². The molecule has 0 amide bonds. The van der Waals surface area contributed by atoms with Gasteiger partial charge in [0.1, 0.15) is 30.2 Å². The van der Waals surface area contributed by atoms with Gasteiger partial charge < -0.3 is 33.2 Å². The monoisotopic (exact) mass is 572 g/mol. The van der Waals surface area contributed by atoms with E-state index in [9.17, 15) is 5.11 Å². The smallest absolute Gasteiger partial charge is 0.192 e. The van der Waals surface area contributed by atoms with Gasteiger partial charge in [0.25, 0.3) is 0 Å². The highest BCUT2D eigenvalue weighted by Crippen LogP contribution is 2.39. The molecule has 0 unspecified atom stereocenters. The standard InChI is InChI=1S/C32H48O7Si/c1-31(2,3)40(7,8)37-23-28(36-22-25-16-18-26(34-6)19-17-25)30-29(38-32(4,5)39-30)27(15-12-20-33)35-21-24-13-10-9-11-14-24/h9-19,27-30,33H,20-23H2,1-8H3/b15-12+/t27-,28+,29+,30-/m0/s1. The lowest BCUT2D eigenvalue weighted by Crippen LogP contribution is -2.49. The third-order valence-electron chi connectivity index (χ3n) is 7.61. The van der Waals surface area contributed by atoms with Crippen molar-refractivity contribution in [3.05, 3.63) is 77.9 Å². The average Bonchev–Trinajstić information content (AvgIpc) is 3.23. The Labute approximate surface area is 241 Å². The third-order valence-corrected chi connectivity index (χ3v) is 12.1. The molecule has 4 atom stereocenters. The molecule has 0 spiro atoms. The minimum Gasteiger partial charge on any atom is -0.497 e. The quantitative estimate of drug-likeness (QED) is 0.212. The van der Waals surface area contributed by atoms with Gasteiger partial charge in [0.05, 0.1) is 33.5 Å². The molecule has 0 radical (unpaired) electrons. The molecule has 3 rings (SSSR count). The molecule has 0 bridgehead atoms. The van der Waals surface area contributed by atoms with E-state index in [1.165, 1.54) is 0 Å². The number of ether oxygens (including phenoxy) is 5. The Morgan fingerprint density at radius 2 is 1.52 bits per heavy atom. The van der Waals surface area contributed by atoms with Crippen molar-refractivity contribution in [2.45, 2.75) is 96.2 Å². The van der Waals surface area contributed by atoms with E-state index in [1.54, 1.807) is 13.2 Å². The van der Waals surface area contributed by atoms with Crippen LogP contribution in [0.2, 0.25) is 18.1 Å². The zero-order valence-corrected chi connectivity index (χ0v) is 26.4. The maximum atomic E-state index is 9.56. The molecule has 1 N–H and O–H groups in total. The van der Waals surface area contributed by atoms with Crippen molar-refractivity contribution in [1.82, 2.24) is 0 Å². The molecule has 40 heavy (non-hydrogen) atoms. The van der Waals surface area contributed by atoms with Crippen LogP contribution < -0.4 is 4.74 Å². The number of methoxy groups -OCH3 is 1. The van der Waals surface area contributed by atoms with Crippen LogP contribution in [0.1, 0.15) is 45.7 Å². The Morgan fingerprint density at radius 1 is 0.925 bits per heavy atom. The molecule has 0 aliphatic carbocycles. The summed E-state index contributed by atoms with van der Waals surface area (Å²) in [5.41, 5.74) is 2.07. The first-order valence-electron chi connectivity index (χ1n) is 14.0. The Morgan fingerprint density at radius 3 is 2.12 bits per heavy atom. The lowest BCUT2D eigenvalue weighted by Gasteiger charge is -2.38. The first-order valence-corrected chi connectivity index (χ1v) is 16.9. The first-order chi connectivity index (χ1) is 18.8. The van der Waals surface area contributed by atoms with Crippen LogP contribution in [0.5, 0.6) is 5.75 Å². The molecule has 0 aromatic heterocycles. The number of rotatable bonds is 14. The third kappa shape index (κ3) is 9.24. The van der Waals surface area contributed by atoms with E-state index in [2.05, 4.69) is 33.9 Å². The van der Waals surface area contributed by atoms with Crippen molar-refractivity contribution in [3.63, 3.8) is 0 Å². The number of benzene rings is 2. The number of hydrogen-bond donors (Lipinski definition) is 1. The topological polar surface area (TPSA) is 75.6 Å². The van der Waals surface area contributed by atoms with Crippen molar-refractivity contribution in [2.24, 2.45) is 0 Å². The van der Waals surface area contributed by atoms with Crippen molar-refractivity contribution in [3.8, 4) is 5.75 Å². The number of aliphatic hydroxyl groups is 1. The van der Waals surface area contributed by atoms with Gasteiger partial charge in [0, 0.05) is 0 Å². The molecule has 2 aromatic rings. The van der Waals surface area contributed by atoms with Crippen molar-refractivity contribution >= 4 is 8.32 Å². The summed E-state index contributed by atoms with van der Waals surface area (Å²) in [6.45, 7) is 16.0. The summed E-state index contributed by atoms with van der Waals surface area (Å²) in [5.74, 6) is -0.0555. The highest BCUT2D eigenvalue weighted by Gasteiger charge is 2.50. The molecule has 1 aliphatic rings. The normalized spacial score (nSPS) is 21.0. The molecule has 2 aromatic carbocycles. The van der Waals surface area contributed by atoms with E-state index in [0.29, 0.717) is 19.8 Å². The van der Waals surface area contributed by atoms with E-state index in [-0.39, 0.29) is 11.6 Å². The fourth-order valence-electron chi connectivity index (χ4n) is 4.25. The van der Waals surface area contributed by atoms with E-state index in [0.717, 1.165) is 16.9 Å². The molecule has 1 heterocycles. The predicted molar refractivity (Wildman–Crippen MR) is 160 cm³/mol. The average molecular weight is 573 g/mol. The van der Waals surface area contributed by atoms with E-state index < -0.39 is 38.5 Å². The van der Waals surface area contributed by atoms with Gasteiger partial charge in [0.15, 0.2) is 14.1 Å².